The van der Waals surface area contributed by atoms with Gasteiger partial charge < -0.3 is 14.8 Å². The van der Waals surface area contributed by atoms with Crippen molar-refractivity contribution in [2.75, 3.05) is 11.9 Å². The Morgan fingerprint density at radius 1 is 1.24 bits per heavy atom. The maximum absolute atomic E-state index is 12.7. The van der Waals surface area contributed by atoms with Crippen LogP contribution in [0.1, 0.15) is 18.9 Å². The Hall–Kier alpha value is -2.11. The SMILES string of the molecule is CC1=C[C@H](COc2ccc(Br)cc2)O[C@]2(C1)C(=O)Nc1ccccc12. The third-order valence-electron chi connectivity index (χ3n) is 4.56. The van der Waals surface area contributed by atoms with Gasteiger partial charge in [0.1, 0.15) is 18.5 Å². The highest BCUT2D eigenvalue weighted by Gasteiger charge is 2.50. The van der Waals surface area contributed by atoms with Crippen LogP contribution in [0.3, 0.4) is 0 Å². The molecule has 0 unspecified atom stereocenters. The molecule has 128 valence electrons. The number of carbonyl (C=O) groups is 1. The van der Waals surface area contributed by atoms with Crippen LogP contribution in [-0.4, -0.2) is 18.6 Å². The molecular formula is C20H18BrNO3. The van der Waals surface area contributed by atoms with Crippen molar-refractivity contribution >= 4 is 27.5 Å². The number of hydrogen-bond acceptors (Lipinski definition) is 3. The topological polar surface area (TPSA) is 47.6 Å². The fourth-order valence-corrected chi connectivity index (χ4v) is 3.74. The van der Waals surface area contributed by atoms with Crippen molar-refractivity contribution in [3.63, 3.8) is 0 Å². The average molecular weight is 400 g/mol. The second kappa shape index (κ2) is 6.32. The molecule has 0 aliphatic carbocycles. The Balaban J connectivity index is 1.56. The summed E-state index contributed by atoms with van der Waals surface area (Å²) in [6.45, 7) is 2.39. The normalized spacial score (nSPS) is 24.6. The van der Waals surface area contributed by atoms with Crippen molar-refractivity contribution in [1.82, 2.24) is 0 Å². The molecule has 2 aromatic carbocycles. The molecule has 0 fully saturated rings. The summed E-state index contributed by atoms with van der Waals surface area (Å²) in [5.41, 5.74) is 1.90. The molecule has 1 amide bonds. The Morgan fingerprint density at radius 3 is 2.80 bits per heavy atom. The van der Waals surface area contributed by atoms with Crippen LogP contribution in [0.5, 0.6) is 5.75 Å². The van der Waals surface area contributed by atoms with Crippen molar-refractivity contribution < 1.29 is 14.3 Å². The minimum Gasteiger partial charge on any atom is -0.491 e. The number of ether oxygens (including phenoxy) is 2. The van der Waals surface area contributed by atoms with E-state index in [1.54, 1.807) is 0 Å². The predicted molar refractivity (Wildman–Crippen MR) is 99.6 cm³/mol. The number of carbonyl (C=O) groups excluding carboxylic acids is 1. The minimum absolute atomic E-state index is 0.102. The van der Waals surface area contributed by atoms with Gasteiger partial charge in [0.15, 0.2) is 5.60 Å². The highest BCUT2D eigenvalue weighted by molar-refractivity contribution is 9.10. The fourth-order valence-electron chi connectivity index (χ4n) is 3.48. The predicted octanol–water partition coefficient (Wildman–Crippen LogP) is 4.41. The van der Waals surface area contributed by atoms with Gasteiger partial charge in [0.25, 0.3) is 5.91 Å². The van der Waals surface area contributed by atoms with E-state index in [1.807, 2.05) is 61.5 Å². The van der Waals surface area contributed by atoms with Crippen molar-refractivity contribution in [1.29, 1.82) is 0 Å². The molecule has 0 saturated carbocycles. The summed E-state index contributed by atoms with van der Waals surface area (Å²) in [6, 6.07) is 15.4. The first-order valence-electron chi connectivity index (χ1n) is 8.21. The van der Waals surface area contributed by atoms with E-state index in [0.717, 1.165) is 27.0 Å². The lowest BCUT2D eigenvalue weighted by Gasteiger charge is -2.35. The second-order valence-electron chi connectivity index (χ2n) is 6.44. The highest BCUT2D eigenvalue weighted by Crippen LogP contribution is 2.45. The summed E-state index contributed by atoms with van der Waals surface area (Å²) in [4.78, 5) is 12.7. The van der Waals surface area contributed by atoms with Gasteiger partial charge in [-0.2, -0.15) is 0 Å². The molecule has 2 aromatic rings. The van der Waals surface area contributed by atoms with E-state index in [-0.39, 0.29) is 12.0 Å². The molecule has 2 atom stereocenters. The molecule has 2 aliphatic rings. The van der Waals surface area contributed by atoms with E-state index >= 15 is 0 Å². The summed E-state index contributed by atoms with van der Waals surface area (Å²) in [7, 11) is 0. The summed E-state index contributed by atoms with van der Waals surface area (Å²) >= 11 is 3.41. The molecule has 0 bridgehead atoms. The first-order chi connectivity index (χ1) is 12.1. The number of benzene rings is 2. The van der Waals surface area contributed by atoms with Crippen LogP contribution in [0.15, 0.2) is 64.7 Å². The number of fused-ring (bicyclic) bond motifs is 2. The zero-order valence-corrected chi connectivity index (χ0v) is 15.4. The molecule has 4 nitrogen and oxygen atoms in total. The molecule has 1 spiro atoms. The Morgan fingerprint density at radius 2 is 2.00 bits per heavy atom. The van der Waals surface area contributed by atoms with Crippen LogP contribution in [0, 0.1) is 0 Å². The lowest BCUT2D eigenvalue weighted by molar-refractivity contribution is -0.151. The van der Waals surface area contributed by atoms with Gasteiger partial charge >= 0.3 is 0 Å². The zero-order chi connectivity index (χ0) is 17.4. The van der Waals surface area contributed by atoms with Crippen molar-refractivity contribution in [3.8, 4) is 5.75 Å². The zero-order valence-electron chi connectivity index (χ0n) is 13.8. The van der Waals surface area contributed by atoms with Gasteiger partial charge in [0.2, 0.25) is 0 Å². The number of anilines is 1. The van der Waals surface area contributed by atoms with Gasteiger partial charge in [-0.15, -0.1) is 0 Å². The lowest BCUT2D eigenvalue weighted by atomic mass is 9.85. The maximum Gasteiger partial charge on any atom is 0.261 e. The minimum atomic E-state index is -0.955. The highest BCUT2D eigenvalue weighted by atomic mass is 79.9. The summed E-state index contributed by atoms with van der Waals surface area (Å²) in [5, 5.41) is 2.94. The van der Waals surface area contributed by atoms with Gasteiger partial charge in [-0.25, -0.2) is 0 Å². The van der Waals surface area contributed by atoms with Crippen LogP contribution in [0.2, 0.25) is 0 Å². The van der Waals surface area contributed by atoms with Crippen LogP contribution in [0.25, 0.3) is 0 Å². The molecule has 25 heavy (non-hydrogen) atoms. The van der Waals surface area contributed by atoms with Gasteiger partial charge in [-0.3, -0.25) is 4.79 Å². The maximum atomic E-state index is 12.7. The molecule has 0 radical (unpaired) electrons. The van der Waals surface area contributed by atoms with Crippen molar-refractivity contribution in [3.05, 3.63) is 70.2 Å². The van der Waals surface area contributed by atoms with Gasteiger partial charge in [-0.05, 0) is 37.3 Å². The van der Waals surface area contributed by atoms with Crippen molar-refractivity contribution in [2.45, 2.75) is 25.0 Å². The van der Waals surface area contributed by atoms with E-state index in [1.165, 1.54) is 0 Å². The number of para-hydroxylation sites is 1. The monoisotopic (exact) mass is 399 g/mol. The first kappa shape index (κ1) is 16.4. The Kier molecular flexibility index (Phi) is 4.13. The van der Waals surface area contributed by atoms with Gasteiger partial charge in [0.05, 0.1) is 0 Å². The summed E-state index contributed by atoms with van der Waals surface area (Å²) < 4.78 is 13.1. The molecule has 0 aromatic heterocycles. The van der Waals surface area contributed by atoms with E-state index in [2.05, 4.69) is 21.2 Å². The quantitative estimate of drug-likeness (QED) is 0.777. The molecule has 4 rings (SSSR count). The second-order valence-corrected chi connectivity index (χ2v) is 7.35. The average Bonchev–Trinajstić information content (AvgIpc) is 2.86. The van der Waals surface area contributed by atoms with Crippen LogP contribution in [-0.2, 0) is 15.1 Å². The van der Waals surface area contributed by atoms with Gasteiger partial charge in [-0.1, -0.05) is 45.8 Å². The standard InChI is InChI=1S/C20H18BrNO3/c1-13-10-16(12-24-15-8-6-14(21)7-9-15)25-20(11-13)17-4-2-3-5-18(17)22-19(20)23/h2-10,16H,11-12H2,1H3,(H,22,23)/t16-,20+/m1/s1. The number of nitrogens with one attached hydrogen (secondary N) is 1. The Labute approximate surface area is 155 Å². The van der Waals surface area contributed by atoms with E-state index in [4.69, 9.17) is 9.47 Å². The molecule has 1 N–H and O–H groups in total. The smallest absolute Gasteiger partial charge is 0.261 e. The third-order valence-corrected chi connectivity index (χ3v) is 5.08. The number of rotatable bonds is 3. The first-order valence-corrected chi connectivity index (χ1v) is 9.00. The molecular weight excluding hydrogens is 382 g/mol. The molecule has 2 heterocycles. The molecule has 0 saturated heterocycles. The van der Waals surface area contributed by atoms with E-state index < -0.39 is 5.60 Å². The largest absolute Gasteiger partial charge is 0.491 e. The fraction of sp³-hybridized carbons (Fsp3) is 0.250. The van der Waals surface area contributed by atoms with Crippen LogP contribution >= 0.6 is 15.9 Å². The number of amides is 1. The van der Waals surface area contributed by atoms with Crippen LogP contribution in [0.4, 0.5) is 5.69 Å². The summed E-state index contributed by atoms with van der Waals surface area (Å²) in [5.74, 6) is 0.670. The Bertz CT molecular complexity index is 846. The molecule has 5 heteroatoms. The van der Waals surface area contributed by atoms with Gasteiger partial charge in [0, 0.05) is 22.1 Å². The number of hydrogen-bond donors (Lipinski definition) is 1. The van der Waals surface area contributed by atoms with E-state index in [0.29, 0.717) is 13.0 Å². The third kappa shape index (κ3) is 2.98. The summed E-state index contributed by atoms with van der Waals surface area (Å²) in [6.07, 6.45) is 2.32. The molecule has 2 aliphatic heterocycles. The van der Waals surface area contributed by atoms with Crippen LogP contribution < -0.4 is 10.1 Å². The number of halogens is 1. The van der Waals surface area contributed by atoms with Crippen molar-refractivity contribution in [2.24, 2.45) is 0 Å². The lowest BCUT2D eigenvalue weighted by Crippen LogP contribution is -2.44. The van der Waals surface area contributed by atoms with E-state index in [9.17, 15) is 4.79 Å².